The van der Waals surface area contributed by atoms with E-state index in [2.05, 4.69) is 16.3 Å². The molecule has 1 heterocycles. The summed E-state index contributed by atoms with van der Waals surface area (Å²) in [6.07, 6.45) is 2.49. The molecule has 0 spiro atoms. The maximum absolute atomic E-state index is 10.7. The number of nitrogens with two attached hydrogens (primary N) is 1. The minimum atomic E-state index is -0.520. The van der Waals surface area contributed by atoms with E-state index in [1.807, 2.05) is 18.2 Å². The summed E-state index contributed by atoms with van der Waals surface area (Å²) in [5, 5.41) is 2.58. The summed E-state index contributed by atoms with van der Waals surface area (Å²) in [4.78, 5) is 13.0. The Labute approximate surface area is 89.1 Å². The van der Waals surface area contributed by atoms with Crippen molar-refractivity contribution in [1.82, 2.24) is 0 Å². The van der Waals surface area contributed by atoms with Crippen LogP contribution in [0.25, 0.3) is 0 Å². The van der Waals surface area contributed by atoms with Gasteiger partial charge in [0.2, 0.25) is 0 Å². The predicted octanol–water partition coefficient (Wildman–Crippen LogP) is 1.78. The third-order valence-corrected chi connectivity index (χ3v) is 2.58. The first-order chi connectivity index (χ1) is 7.25. The standard InChI is InChI=1S/C11H15N3O/c12-11(15)13-9-4-3-5-10(8-9)14-6-1-2-7-14/h3-5,8H,1-2,6-7H2,(H3,12,13,15). The number of primary amides is 1. The highest BCUT2D eigenvalue weighted by Gasteiger charge is 2.12. The third kappa shape index (κ3) is 2.40. The van der Waals surface area contributed by atoms with Crippen molar-refractivity contribution in [1.29, 1.82) is 0 Å². The number of nitrogens with zero attached hydrogens (tertiary/aromatic N) is 1. The molecule has 4 nitrogen and oxygen atoms in total. The molecule has 1 fully saturated rings. The zero-order valence-corrected chi connectivity index (χ0v) is 8.57. The number of benzene rings is 1. The fourth-order valence-electron chi connectivity index (χ4n) is 1.90. The van der Waals surface area contributed by atoms with E-state index in [-0.39, 0.29) is 0 Å². The number of amides is 2. The van der Waals surface area contributed by atoms with Gasteiger partial charge in [-0.3, -0.25) is 0 Å². The molecule has 2 rings (SSSR count). The lowest BCUT2D eigenvalue weighted by Gasteiger charge is -2.18. The first kappa shape index (κ1) is 9.83. The lowest BCUT2D eigenvalue weighted by molar-refractivity contribution is 0.259. The zero-order chi connectivity index (χ0) is 10.7. The summed E-state index contributed by atoms with van der Waals surface area (Å²) in [7, 11) is 0. The number of carbonyl (C=O) groups excluding carboxylic acids is 1. The Morgan fingerprint density at radius 2 is 2.07 bits per heavy atom. The number of hydrogen-bond acceptors (Lipinski definition) is 2. The van der Waals surface area contributed by atoms with Gasteiger partial charge in [-0.25, -0.2) is 4.79 Å². The average Bonchev–Trinajstić information content (AvgIpc) is 2.69. The monoisotopic (exact) mass is 205 g/mol. The van der Waals surface area contributed by atoms with E-state index in [1.165, 1.54) is 12.8 Å². The largest absolute Gasteiger partial charge is 0.371 e. The topological polar surface area (TPSA) is 58.4 Å². The molecule has 0 bridgehead atoms. The van der Waals surface area contributed by atoms with Crippen LogP contribution in [0.15, 0.2) is 24.3 Å². The number of urea groups is 1. The van der Waals surface area contributed by atoms with Crippen molar-refractivity contribution in [2.24, 2.45) is 5.73 Å². The fraction of sp³-hybridized carbons (Fsp3) is 0.364. The molecule has 80 valence electrons. The second-order valence-corrected chi connectivity index (χ2v) is 3.73. The van der Waals surface area contributed by atoms with Gasteiger partial charge < -0.3 is 16.0 Å². The highest BCUT2D eigenvalue weighted by Crippen LogP contribution is 2.22. The molecule has 0 unspecified atom stereocenters. The van der Waals surface area contributed by atoms with Crippen LogP contribution in [-0.4, -0.2) is 19.1 Å². The van der Waals surface area contributed by atoms with Crippen LogP contribution < -0.4 is 16.0 Å². The van der Waals surface area contributed by atoms with Gasteiger partial charge in [-0.05, 0) is 31.0 Å². The summed E-state index contributed by atoms with van der Waals surface area (Å²) < 4.78 is 0. The van der Waals surface area contributed by atoms with Gasteiger partial charge in [0.25, 0.3) is 0 Å². The van der Waals surface area contributed by atoms with Crippen molar-refractivity contribution in [2.45, 2.75) is 12.8 Å². The molecule has 1 saturated heterocycles. The Kier molecular flexibility index (Phi) is 2.76. The van der Waals surface area contributed by atoms with Crippen LogP contribution in [0.4, 0.5) is 16.2 Å². The number of carbonyl (C=O) groups is 1. The smallest absolute Gasteiger partial charge is 0.316 e. The molecule has 1 aliphatic heterocycles. The van der Waals surface area contributed by atoms with E-state index in [1.54, 1.807) is 0 Å². The van der Waals surface area contributed by atoms with Crippen molar-refractivity contribution in [3.63, 3.8) is 0 Å². The predicted molar refractivity (Wildman–Crippen MR) is 61.1 cm³/mol. The van der Waals surface area contributed by atoms with Gasteiger partial charge in [0.15, 0.2) is 0 Å². The highest BCUT2D eigenvalue weighted by molar-refractivity contribution is 5.88. The number of rotatable bonds is 2. The molecule has 0 aromatic heterocycles. The lowest BCUT2D eigenvalue weighted by atomic mass is 10.2. The van der Waals surface area contributed by atoms with Crippen LogP contribution >= 0.6 is 0 Å². The molecule has 0 radical (unpaired) electrons. The van der Waals surface area contributed by atoms with Crippen molar-refractivity contribution in [2.75, 3.05) is 23.3 Å². The summed E-state index contributed by atoms with van der Waals surface area (Å²) in [5.41, 5.74) is 6.97. The maximum Gasteiger partial charge on any atom is 0.316 e. The van der Waals surface area contributed by atoms with Crippen molar-refractivity contribution in [3.05, 3.63) is 24.3 Å². The molecule has 0 atom stereocenters. The van der Waals surface area contributed by atoms with Crippen molar-refractivity contribution < 1.29 is 4.79 Å². The molecule has 2 amide bonds. The molecular formula is C11H15N3O. The van der Waals surface area contributed by atoms with Gasteiger partial charge in [-0.1, -0.05) is 6.07 Å². The van der Waals surface area contributed by atoms with E-state index < -0.39 is 6.03 Å². The van der Waals surface area contributed by atoms with Crippen LogP contribution in [0.5, 0.6) is 0 Å². The molecule has 4 heteroatoms. The summed E-state index contributed by atoms with van der Waals surface area (Å²) in [6, 6.07) is 7.25. The Morgan fingerprint density at radius 1 is 1.33 bits per heavy atom. The molecule has 0 saturated carbocycles. The summed E-state index contributed by atoms with van der Waals surface area (Å²) in [5.74, 6) is 0. The van der Waals surface area contributed by atoms with Crippen LogP contribution in [0.3, 0.4) is 0 Å². The number of hydrogen-bond donors (Lipinski definition) is 2. The summed E-state index contributed by atoms with van der Waals surface area (Å²) in [6.45, 7) is 2.19. The zero-order valence-electron chi connectivity index (χ0n) is 8.57. The van der Waals surface area contributed by atoms with Gasteiger partial charge in [0.05, 0.1) is 0 Å². The summed E-state index contributed by atoms with van der Waals surface area (Å²) >= 11 is 0. The molecule has 3 N–H and O–H groups in total. The van der Waals surface area contributed by atoms with Crippen LogP contribution in [0.1, 0.15) is 12.8 Å². The second-order valence-electron chi connectivity index (χ2n) is 3.73. The van der Waals surface area contributed by atoms with Crippen LogP contribution in [-0.2, 0) is 0 Å². The third-order valence-electron chi connectivity index (χ3n) is 2.58. The van der Waals surface area contributed by atoms with E-state index in [0.717, 1.165) is 24.5 Å². The molecule has 1 aromatic carbocycles. The van der Waals surface area contributed by atoms with Gasteiger partial charge >= 0.3 is 6.03 Å². The minimum absolute atomic E-state index is 0.520. The van der Waals surface area contributed by atoms with Gasteiger partial charge in [-0.2, -0.15) is 0 Å². The normalized spacial score (nSPS) is 15.3. The second kappa shape index (κ2) is 4.21. The SMILES string of the molecule is NC(=O)Nc1cccc(N2CCCC2)c1. The van der Waals surface area contributed by atoms with E-state index >= 15 is 0 Å². The first-order valence-electron chi connectivity index (χ1n) is 5.17. The number of nitrogens with one attached hydrogen (secondary N) is 1. The Morgan fingerprint density at radius 3 is 2.73 bits per heavy atom. The molecule has 15 heavy (non-hydrogen) atoms. The van der Waals surface area contributed by atoms with E-state index in [4.69, 9.17) is 5.73 Å². The molecule has 0 aliphatic carbocycles. The molecule has 1 aromatic rings. The quantitative estimate of drug-likeness (QED) is 0.773. The van der Waals surface area contributed by atoms with Crippen molar-refractivity contribution >= 4 is 17.4 Å². The fourth-order valence-corrected chi connectivity index (χ4v) is 1.90. The van der Waals surface area contributed by atoms with Crippen molar-refractivity contribution in [3.8, 4) is 0 Å². The first-order valence-corrected chi connectivity index (χ1v) is 5.17. The van der Waals surface area contributed by atoms with Crippen LogP contribution in [0, 0.1) is 0 Å². The van der Waals surface area contributed by atoms with Crippen LogP contribution in [0.2, 0.25) is 0 Å². The van der Waals surface area contributed by atoms with Gasteiger partial charge in [0, 0.05) is 24.5 Å². The van der Waals surface area contributed by atoms with E-state index in [9.17, 15) is 4.79 Å². The van der Waals surface area contributed by atoms with Gasteiger partial charge in [-0.15, -0.1) is 0 Å². The average molecular weight is 205 g/mol. The Hall–Kier alpha value is -1.71. The minimum Gasteiger partial charge on any atom is -0.371 e. The van der Waals surface area contributed by atoms with E-state index in [0.29, 0.717) is 0 Å². The Balaban J connectivity index is 2.14. The Bertz CT molecular complexity index is 359. The van der Waals surface area contributed by atoms with Gasteiger partial charge in [0.1, 0.15) is 0 Å². The number of anilines is 2. The lowest BCUT2D eigenvalue weighted by Crippen LogP contribution is -2.20. The molecular weight excluding hydrogens is 190 g/mol. The highest BCUT2D eigenvalue weighted by atomic mass is 16.2. The maximum atomic E-state index is 10.7. The molecule has 1 aliphatic rings.